The van der Waals surface area contributed by atoms with E-state index >= 15 is 0 Å². The predicted molar refractivity (Wildman–Crippen MR) is 85.0 cm³/mol. The zero-order valence-corrected chi connectivity index (χ0v) is 12.4. The normalized spacial score (nSPS) is 16.2. The highest BCUT2D eigenvalue weighted by Crippen LogP contribution is 2.20. The molecular formula is C13H17N5O2S. The van der Waals surface area contributed by atoms with Gasteiger partial charge in [-0.05, 0) is 6.07 Å². The number of thioether (sulfide) groups is 1. The average molecular weight is 307 g/mol. The Bertz CT molecular complexity index is 639. The predicted octanol–water partition coefficient (Wildman–Crippen LogP) is 1.93. The standard InChI is InChI=1S/C13H17N5O2S/c19-18(20)10-1-2-11-12(9-10)16-13(15-11)14-3-4-17-5-7-21-8-6-17/h1-2,9H,3-8H2,(H2,14,15,16). The van der Waals surface area contributed by atoms with Crippen molar-refractivity contribution in [3.63, 3.8) is 0 Å². The van der Waals surface area contributed by atoms with Gasteiger partial charge in [0, 0.05) is 49.8 Å². The van der Waals surface area contributed by atoms with Crippen molar-refractivity contribution >= 4 is 34.4 Å². The van der Waals surface area contributed by atoms with Crippen LogP contribution in [-0.2, 0) is 0 Å². The van der Waals surface area contributed by atoms with Gasteiger partial charge in [0.25, 0.3) is 5.69 Å². The maximum atomic E-state index is 10.7. The van der Waals surface area contributed by atoms with Crippen molar-refractivity contribution in [1.82, 2.24) is 14.9 Å². The van der Waals surface area contributed by atoms with E-state index in [9.17, 15) is 10.1 Å². The number of nitrogens with one attached hydrogen (secondary N) is 2. The van der Waals surface area contributed by atoms with Crippen molar-refractivity contribution in [3.05, 3.63) is 28.3 Å². The fourth-order valence-electron chi connectivity index (χ4n) is 2.35. The lowest BCUT2D eigenvalue weighted by Gasteiger charge is -2.25. The van der Waals surface area contributed by atoms with Crippen LogP contribution in [0.3, 0.4) is 0 Å². The van der Waals surface area contributed by atoms with E-state index in [1.807, 2.05) is 11.8 Å². The van der Waals surface area contributed by atoms with Crippen molar-refractivity contribution in [2.24, 2.45) is 0 Å². The first-order chi connectivity index (χ1) is 10.2. The van der Waals surface area contributed by atoms with Crippen LogP contribution in [0.1, 0.15) is 0 Å². The van der Waals surface area contributed by atoms with Gasteiger partial charge >= 0.3 is 0 Å². The Morgan fingerprint density at radius 2 is 2.24 bits per heavy atom. The molecule has 3 rings (SSSR count). The van der Waals surface area contributed by atoms with Gasteiger partial charge in [0.05, 0.1) is 16.0 Å². The number of hydrogen-bond acceptors (Lipinski definition) is 6. The molecule has 8 heteroatoms. The van der Waals surface area contributed by atoms with E-state index in [2.05, 4.69) is 20.2 Å². The topological polar surface area (TPSA) is 87.1 Å². The highest BCUT2D eigenvalue weighted by atomic mass is 32.2. The van der Waals surface area contributed by atoms with E-state index in [-0.39, 0.29) is 5.69 Å². The van der Waals surface area contributed by atoms with E-state index in [4.69, 9.17) is 0 Å². The van der Waals surface area contributed by atoms with Crippen LogP contribution >= 0.6 is 11.8 Å². The summed E-state index contributed by atoms with van der Waals surface area (Å²) < 4.78 is 0. The molecule has 7 nitrogen and oxygen atoms in total. The van der Waals surface area contributed by atoms with Gasteiger partial charge in [0.2, 0.25) is 5.95 Å². The molecule has 21 heavy (non-hydrogen) atoms. The van der Waals surface area contributed by atoms with E-state index < -0.39 is 4.92 Å². The molecule has 0 unspecified atom stereocenters. The van der Waals surface area contributed by atoms with Crippen molar-refractivity contribution in [1.29, 1.82) is 0 Å². The zero-order chi connectivity index (χ0) is 14.7. The number of aromatic amines is 1. The van der Waals surface area contributed by atoms with Crippen LogP contribution < -0.4 is 5.32 Å². The van der Waals surface area contributed by atoms with E-state index in [1.54, 1.807) is 6.07 Å². The molecule has 1 aromatic heterocycles. The highest BCUT2D eigenvalue weighted by molar-refractivity contribution is 7.99. The van der Waals surface area contributed by atoms with Crippen molar-refractivity contribution in [2.75, 3.05) is 43.0 Å². The summed E-state index contributed by atoms with van der Waals surface area (Å²) in [5, 5.41) is 14.0. The van der Waals surface area contributed by atoms with Gasteiger partial charge in [-0.2, -0.15) is 11.8 Å². The molecule has 1 fully saturated rings. The van der Waals surface area contributed by atoms with Crippen LogP contribution in [0.4, 0.5) is 11.6 Å². The SMILES string of the molecule is O=[N+]([O-])c1ccc2nc(NCCN3CCSCC3)[nH]c2c1. The maximum Gasteiger partial charge on any atom is 0.271 e. The Morgan fingerprint density at radius 1 is 1.43 bits per heavy atom. The second-order valence-corrected chi connectivity index (χ2v) is 6.15. The first-order valence-electron chi connectivity index (χ1n) is 6.90. The van der Waals surface area contributed by atoms with Crippen LogP contribution in [0.2, 0.25) is 0 Å². The molecule has 0 saturated carbocycles. The maximum absolute atomic E-state index is 10.7. The van der Waals surface area contributed by atoms with Crippen LogP contribution in [0.15, 0.2) is 18.2 Å². The number of non-ortho nitro benzene ring substituents is 1. The fraction of sp³-hybridized carbons (Fsp3) is 0.462. The Morgan fingerprint density at radius 3 is 3.00 bits per heavy atom. The number of fused-ring (bicyclic) bond motifs is 1. The second-order valence-electron chi connectivity index (χ2n) is 4.92. The third-order valence-corrected chi connectivity index (χ3v) is 4.44. The first-order valence-corrected chi connectivity index (χ1v) is 8.06. The molecule has 0 atom stereocenters. The van der Waals surface area contributed by atoms with E-state index in [0.29, 0.717) is 11.5 Å². The minimum Gasteiger partial charge on any atom is -0.355 e. The average Bonchev–Trinajstić information content (AvgIpc) is 2.90. The third kappa shape index (κ3) is 3.45. The summed E-state index contributed by atoms with van der Waals surface area (Å²) in [7, 11) is 0. The summed E-state index contributed by atoms with van der Waals surface area (Å²) in [5.41, 5.74) is 1.49. The molecule has 0 radical (unpaired) electrons. The number of H-pyrrole nitrogens is 1. The van der Waals surface area contributed by atoms with Crippen molar-refractivity contribution in [3.8, 4) is 0 Å². The van der Waals surface area contributed by atoms with E-state index in [0.717, 1.165) is 31.7 Å². The summed E-state index contributed by atoms with van der Waals surface area (Å²) in [5.74, 6) is 3.07. The van der Waals surface area contributed by atoms with Crippen LogP contribution in [-0.4, -0.2) is 57.5 Å². The van der Waals surface area contributed by atoms with Gasteiger partial charge in [0.1, 0.15) is 0 Å². The second kappa shape index (κ2) is 6.31. The number of benzene rings is 1. The van der Waals surface area contributed by atoms with E-state index in [1.165, 1.54) is 23.6 Å². The molecular weight excluding hydrogens is 290 g/mol. The van der Waals surface area contributed by atoms with Gasteiger partial charge < -0.3 is 10.3 Å². The Kier molecular flexibility index (Phi) is 4.26. The quantitative estimate of drug-likeness (QED) is 0.648. The highest BCUT2D eigenvalue weighted by Gasteiger charge is 2.11. The van der Waals surface area contributed by atoms with Crippen LogP contribution in [0.25, 0.3) is 11.0 Å². The molecule has 1 aromatic carbocycles. The molecule has 0 spiro atoms. The van der Waals surface area contributed by atoms with Crippen LogP contribution in [0, 0.1) is 10.1 Å². The number of hydrogen-bond donors (Lipinski definition) is 2. The molecule has 1 aliphatic rings. The number of imidazole rings is 1. The molecule has 112 valence electrons. The molecule has 1 aliphatic heterocycles. The lowest BCUT2D eigenvalue weighted by atomic mass is 10.3. The summed E-state index contributed by atoms with van der Waals surface area (Å²) in [6.45, 7) is 4.07. The summed E-state index contributed by atoms with van der Waals surface area (Å²) in [6.07, 6.45) is 0. The minimum absolute atomic E-state index is 0.0727. The molecule has 2 N–H and O–H groups in total. The summed E-state index contributed by atoms with van der Waals surface area (Å²) in [4.78, 5) is 20.2. The van der Waals surface area contributed by atoms with Crippen LogP contribution in [0.5, 0.6) is 0 Å². The number of nitro benzene ring substituents is 1. The molecule has 2 aromatic rings. The molecule has 2 heterocycles. The smallest absolute Gasteiger partial charge is 0.271 e. The Hall–Kier alpha value is -1.80. The number of aromatic nitrogens is 2. The molecule has 0 bridgehead atoms. The summed E-state index contributed by atoms with van der Waals surface area (Å²) >= 11 is 2.00. The van der Waals surface area contributed by atoms with Gasteiger partial charge in [-0.15, -0.1) is 0 Å². The minimum atomic E-state index is -0.401. The zero-order valence-electron chi connectivity index (χ0n) is 11.5. The lowest BCUT2D eigenvalue weighted by Crippen LogP contribution is -2.36. The Balaban J connectivity index is 1.60. The number of nitrogens with zero attached hydrogens (tertiary/aromatic N) is 3. The Labute approximate surface area is 126 Å². The molecule has 0 aliphatic carbocycles. The first kappa shape index (κ1) is 14.2. The van der Waals surface area contributed by atoms with Gasteiger partial charge in [0.15, 0.2) is 0 Å². The van der Waals surface area contributed by atoms with Crippen molar-refractivity contribution < 1.29 is 4.92 Å². The van der Waals surface area contributed by atoms with Gasteiger partial charge in [-0.3, -0.25) is 15.0 Å². The third-order valence-electron chi connectivity index (χ3n) is 3.50. The number of nitro groups is 1. The van der Waals surface area contributed by atoms with Gasteiger partial charge in [-0.25, -0.2) is 4.98 Å². The lowest BCUT2D eigenvalue weighted by molar-refractivity contribution is -0.384. The molecule has 1 saturated heterocycles. The number of rotatable bonds is 5. The monoisotopic (exact) mass is 307 g/mol. The molecule has 0 amide bonds. The largest absolute Gasteiger partial charge is 0.355 e. The fourth-order valence-corrected chi connectivity index (χ4v) is 3.33. The van der Waals surface area contributed by atoms with Crippen molar-refractivity contribution in [2.45, 2.75) is 0 Å². The van der Waals surface area contributed by atoms with Gasteiger partial charge in [-0.1, -0.05) is 0 Å². The number of anilines is 1. The summed E-state index contributed by atoms with van der Waals surface area (Å²) in [6, 6.07) is 4.64.